The van der Waals surface area contributed by atoms with Crippen LogP contribution in [-0.2, 0) is 10.0 Å². The molecule has 2 aromatic carbocycles. The molecule has 0 bridgehead atoms. The largest absolute Gasteiger partial charge is 0.493 e. The molecule has 0 fully saturated rings. The standard InChI is InChI=1S/C24H20ClN5O4S/c1-16(17-9-4-3-5-10-17)15-35(31,32)30-22-20(34-19-12-7-6-11-18(19)33-2)21(25)28-24(29-22)23-26-13-8-14-27-23/h3-15H,1-2H3,(H,28,29,30). The second-order valence-electron chi connectivity index (χ2n) is 7.16. The summed E-state index contributed by atoms with van der Waals surface area (Å²) in [5, 5.41) is 0.957. The van der Waals surface area contributed by atoms with Gasteiger partial charge in [0.2, 0.25) is 11.6 Å². The van der Waals surface area contributed by atoms with Crippen molar-refractivity contribution in [3.8, 4) is 28.9 Å². The summed E-state index contributed by atoms with van der Waals surface area (Å²) < 4.78 is 39.8. The fourth-order valence-electron chi connectivity index (χ4n) is 3.08. The second kappa shape index (κ2) is 10.5. The maximum atomic E-state index is 13.1. The molecule has 0 aliphatic heterocycles. The van der Waals surface area contributed by atoms with Crippen molar-refractivity contribution < 1.29 is 17.9 Å². The van der Waals surface area contributed by atoms with Gasteiger partial charge in [-0.05, 0) is 36.3 Å². The van der Waals surface area contributed by atoms with E-state index in [1.807, 2.05) is 30.3 Å². The fourth-order valence-corrected chi connectivity index (χ4v) is 4.35. The van der Waals surface area contributed by atoms with E-state index in [4.69, 9.17) is 21.1 Å². The van der Waals surface area contributed by atoms with Crippen LogP contribution < -0.4 is 14.2 Å². The lowest BCUT2D eigenvalue weighted by molar-refractivity contribution is 0.378. The molecule has 0 spiro atoms. The number of sulfonamides is 1. The molecule has 9 nitrogen and oxygen atoms in total. The predicted molar refractivity (Wildman–Crippen MR) is 134 cm³/mol. The highest BCUT2D eigenvalue weighted by Gasteiger charge is 2.22. The molecular weight excluding hydrogens is 490 g/mol. The number of benzene rings is 2. The van der Waals surface area contributed by atoms with Gasteiger partial charge in [0, 0.05) is 12.4 Å². The van der Waals surface area contributed by atoms with E-state index < -0.39 is 10.0 Å². The number of ether oxygens (including phenoxy) is 2. The number of anilines is 1. The monoisotopic (exact) mass is 509 g/mol. The summed E-state index contributed by atoms with van der Waals surface area (Å²) in [4.78, 5) is 16.7. The first-order valence-corrected chi connectivity index (χ1v) is 12.2. The van der Waals surface area contributed by atoms with Crippen LogP contribution in [0.25, 0.3) is 17.2 Å². The molecule has 0 saturated carbocycles. The molecule has 0 amide bonds. The number of rotatable bonds is 8. The molecule has 35 heavy (non-hydrogen) atoms. The first kappa shape index (κ1) is 24.1. The highest BCUT2D eigenvalue weighted by atomic mass is 35.5. The number of hydrogen-bond acceptors (Lipinski definition) is 8. The van der Waals surface area contributed by atoms with Crippen molar-refractivity contribution in [3.63, 3.8) is 0 Å². The normalized spacial score (nSPS) is 11.7. The van der Waals surface area contributed by atoms with Gasteiger partial charge >= 0.3 is 0 Å². The molecule has 2 aromatic heterocycles. The highest BCUT2D eigenvalue weighted by molar-refractivity contribution is 7.95. The highest BCUT2D eigenvalue weighted by Crippen LogP contribution is 2.39. The lowest BCUT2D eigenvalue weighted by atomic mass is 10.1. The van der Waals surface area contributed by atoms with Gasteiger partial charge in [0.15, 0.2) is 28.3 Å². The van der Waals surface area contributed by atoms with E-state index in [9.17, 15) is 8.42 Å². The van der Waals surface area contributed by atoms with Crippen molar-refractivity contribution in [2.45, 2.75) is 6.92 Å². The molecule has 4 aromatic rings. The summed E-state index contributed by atoms with van der Waals surface area (Å²) in [6, 6.07) is 17.6. The van der Waals surface area contributed by atoms with Crippen LogP contribution in [0.15, 0.2) is 78.5 Å². The van der Waals surface area contributed by atoms with Gasteiger partial charge in [-0.25, -0.2) is 28.4 Å². The van der Waals surface area contributed by atoms with Crippen LogP contribution in [0.2, 0.25) is 5.15 Å². The molecule has 0 aliphatic carbocycles. The number of nitrogens with one attached hydrogen (secondary N) is 1. The smallest absolute Gasteiger partial charge is 0.256 e. The van der Waals surface area contributed by atoms with Crippen molar-refractivity contribution in [2.75, 3.05) is 11.8 Å². The van der Waals surface area contributed by atoms with E-state index in [2.05, 4.69) is 24.7 Å². The number of allylic oxidation sites excluding steroid dienone is 1. The number of hydrogen-bond donors (Lipinski definition) is 1. The zero-order valence-electron chi connectivity index (χ0n) is 18.7. The van der Waals surface area contributed by atoms with Crippen LogP contribution in [0, 0.1) is 0 Å². The quantitative estimate of drug-likeness (QED) is 0.322. The molecule has 0 atom stereocenters. The molecular formula is C24H20ClN5O4S. The summed E-state index contributed by atoms with van der Waals surface area (Å²) in [6.07, 6.45) is 3.02. The van der Waals surface area contributed by atoms with Crippen molar-refractivity contribution in [3.05, 3.63) is 89.2 Å². The van der Waals surface area contributed by atoms with Gasteiger partial charge in [0.25, 0.3) is 10.0 Å². The Kier molecular flexibility index (Phi) is 7.23. The van der Waals surface area contributed by atoms with E-state index in [1.54, 1.807) is 37.3 Å². The van der Waals surface area contributed by atoms with Gasteiger partial charge in [-0.2, -0.15) is 0 Å². The zero-order chi connectivity index (χ0) is 24.8. The van der Waals surface area contributed by atoms with Gasteiger partial charge < -0.3 is 9.47 Å². The Hall–Kier alpha value is -4.02. The molecule has 2 heterocycles. The first-order chi connectivity index (χ1) is 16.9. The number of nitrogens with zero attached hydrogens (tertiary/aromatic N) is 4. The average molecular weight is 510 g/mol. The Morgan fingerprint density at radius 1 is 0.914 bits per heavy atom. The molecule has 1 N–H and O–H groups in total. The molecule has 0 aliphatic rings. The van der Waals surface area contributed by atoms with Crippen molar-refractivity contribution in [2.24, 2.45) is 0 Å². The average Bonchev–Trinajstić information content (AvgIpc) is 2.86. The van der Waals surface area contributed by atoms with E-state index >= 15 is 0 Å². The minimum atomic E-state index is -4.04. The SMILES string of the molecule is COc1ccccc1Oc1c(Cl)nc(-c2ncccn2)nc1NS(=O)(=O)C=C(C)c1ccccc1. The third-order valence-corrected chi connectivity index (χ3v) is 6.07. The summed E-state index contributed by atoms with van der Waals surface area (Å²) in [5.74, 6) is 0.591. The van der Waals surface area contributed by atoms with E-state index in [0.717, 1.165) is 11.0 Å². The van der Waals surface area contributed by atoms with Gasteiger partial charge in [0.1, 0.15) is 0 Å². The molecule has 178 valence electrons. The van der Waals surface area contributed by atoms with E-state index in [0.29, 0.717) is 17.1 Å². The topological polar surface area (TPSA) is 116 Å². The molecule has 11 heteroatoms. The third kappa shape index (κ3) is 5.92. The van der Waals surface area contributed by atoms with Crippen molar-refractivity contribution >= 4 is 33.0 Å². The minimum absolute atomic E-state index is 0.0180. The summed E-state index contributed by atoms with van der Waals surface area (Å²) in [5.41, 5.74) is 1.28. The summed E-state index contributed by atoms with van der Waals surface area (Å²) in [6.45, 7) is 1.69. The van der Waals surface area contributed by atoms with Gasteiger partial charge in [0.05, 0.1) is 12.5 Å². The number of aromatic nitrogens is 4. The number of halogens is 1. The minimum Gasteiger partial charge on any atom is -0.493 e. The molecule has 0 saturated heterocycles. The number of methoxy groups -OCH3 is 1. The fraction of sp³-hybridized carbons (Fsp3) is 0.0833. The Morgan fingerprint density at radius 3 is 2.26 bits per heavy atom. The lowest BCUT2D eigenvalue weighted by Gasteiger charge is -2.15. The van der Waals surface area contributed by atoms with E-state index in [-0.39, 0.29) is 28.4 Å². The molecule has 0 radical (unpaired) electrons. The maximum absolute atomic E-state index is 13.1. The van der Waals surface area contributed by atoms with Gasteiger partial charge in [-0.15, -0.1) is 0 Å². The maximum Gasteiger partial charge on any atom is 0.256 e. The van der Waals surface area contributed by atoms with Crippen LogP contribution >= 0.6 is 11.6 Å². The third-order valence-electron chi connectivity index (χ3n) is 4.67. The summed E-state index contributed by atoms with van der Waals surface area (Å²) in [7, 11) is -2.56. The molecule has 0 unspecified atom stereocenters. The lowest BCUT2D eigenvalue weighted by Crippen LogP contribution is -2.13. The Balaban J connectivity index is 1.79. The van der Waals surface area contributed by atoms with Crippen LogP contribution in [0.3, 0.4) is 0 Å². The predicted octanol–water partition coefficient (Wildman–Crippen LogP) is 5.19. The van der Waals surface area contributed by atoms with Crippen LogP contribution in [0.4, 0.5) is 5.82 Å². The van der Waals surface area contributed by atoms with Crippen LogP contribution in [0.1, 0.15) is 12.5 Å². The summed E-state index contributed by atoms with van der Waals surface area (Å²) >= 11 is 6.44. The van der Waals surface area contributed by atoms with Crippen LogP contribution in [-0.4, -0.2) is 35.5 Å². The first-order valence-electron chi connectivity index (χ1n) is 10.3. The second-order valence-corrected chi connectivity index (χ2v) is 9.04. The zero-order valence-corrected chi connectivity index (χ0v) is 20.3. The Bertz CT molecular complexity index is 1470. The Morgan fingerprint density at radius 2 is 1.57 bits per heavy atom. The number of para-hydroxylation sites is 2. The van der Waals surface area contributed by atoms with Crippen molar-refractivity contribution in [1.82, 2.24) is 19.9 Å². The van der Waals surface area contributed by atoms with Crippen molar-refractivity contribution in [1.29, 1.82) is 0 Å². The molecule has 4 rings (SSSR count). The van der Waals surface area contributed by atoms with Gasteiger partial charge in [-0.1, -0.05) is 54.1 Å². The van der Waals surface area contributed by atoms with E-state index in [1.165, 1.54) is 19.5 Å². The van der Waals surface area contributed by atoms with Gasteiger partial charge in [-0.3, -0.25) is 4.72 Å². The Labute approximate surface area is 207 Å². The van der Waals surface area contributed by atoms with Crippen LogP contribution in [0.5, 0.6) is 17.2 Å².